The number of para-hydroxylation sites is 1. The summed E-state index contributed by atoms with van der Waals surface area (Å²) in [4.78, 5) is 34.2. The maximum absolute atomic E-state index is 13.8. The number of halogens is 1. The molecule has 0 spiro atoms. The molecule has 2 heterocycles. The molecule has 0 saturated heterocycles. The first kappa shape index (κ1) is 24.2. The Morgan fingerprint density at radius 2 is 1.70 bits per heavy atom. The number of hydrogen-bond donors (Lipinski definition) is 1. The summed E-state index contributed by atoms with van der Waals surface area (Å²) < 4.78 is 13.3. The van der Waals surface area contributed by atoms with Gasteiger partial charge in [0.15, 0.2) is 0 Å². The summed E-state index contributed by atoms with van der Waals surface area (Å²) in [6.45, 7) is -0.249. The Balaban J connectivity index is 1.46. The molecule has 1 N–H and O–H groups in total. The molecule has 1 saturated carbocycles. The first-order valence-electron chi connectivity index (χ1n) is 12.2. The van der Waals surface area contributed by atoms with E-state index in [4.69, 9.17) is 0 Å². The third-order valence-corrected chi connectivity index (χ3v) is 6.36. The van der Waals surface area contributed by atoms with Crippen LogP contribution in [0.15, 0.2) is 79.1 Å². The van der Waals surface area contributed by atoms with Gasteiger partial charge in [-0.05, 0) is 72.1 Å². The summed E-state index contributed by atoms with van der Waals surface area (Å²) in [6, 6.07) is 17.4. The zero-order valence-corrected chi connectivity index (χ0v) is 20.1. The fourth-order valence-electron chi connectivity index (χ4n) is 4.56. The van der Waals surface area contributed by atoms with E-state index in [0.717, 1.165) is 25.7 Å². The molecule has 1 aliphatic carbocycles. The quantitative estimate of drug-likeness (QED) is 0.396. The minimum absolute atomic E-state index is 0.0832. The van der Waals surface area contributed by atoms with Crippen LogP contribution in [0.1, 0.15) is 37.3 Å². The largest absolute Gasteiger partial charge is 0.351 e. The third kappa shape index (κ3) is 5.69. The van der Waals surface area contributed by atoms with E-state index in [1.165, 1.54) is 21.8 Å². The lowest BCUT2D eigenvalue weighted by atomic mass is 10.0. The fourth-order valence-corrected chi connectivity index (χ4v) is 4.56. The van der Waals surface area contributed by atoms with Gasteiger partial charge in [-0.1, -0.05) is 31.0 Å². The van der Waals surface area contributed by atoms with Crippen LogP contribution in [-0.2, 0) is 16.1 Å². The van der Waals surface area contributed by atoms with Crippen LogP contribution in [-0.4, -0.2) is 43.0 Å². The van der Waals surface area contributed by atoms with Crippen LogP contribution in [0, 0.1) is 5.82 Å². The van der Waals surface area contributed by atoms with Crippen molar-refractivity contribution in [2.45, 2.75) is 44.3 Å². The van der Waals surface area contributed by atoms with E-state index in [9.17, 15) is 14.0 Å². The summed E-state index contributed by atoms with van der Waals surface area (Å²) in [5.41, 5.74) is 1.78. The summed E-state index contributed by atoms with van der Waals surface area (Å²) >= 11 is 0. The van der Waals surface area contributed by atoms with E-state index in [1.807, 2.05) is 18.2 Å². The third-order valence-electron chi connectivity index (χ3n) is 6.36. The fraction of sp³-hybridized carbons (Fsp3) is 0.259. The molecule has 9 nitrogen and oxygen atoms in total. The van der Waals surface area contributed by atoms with Crippen LogP contribution in [0.25, 0.3) is 11.4 Å². The number of nitrogens with zero attached hydrogens (tertiary/aromatic N) is 6. The molecule has 1 aliphatic rings. The van der Waals surface area contributed by atoms with Crippen LogP contribution in [0.4, 0.5) is 10.1 Å². The second kappa shape index (κ2) is 11.1. The van der Waals surface area contributed by atoms with E-state index in [1.54, 1.807) is 48.8 Å². The number of tetrazole rings is 1. The van der Waals surface area contributed by atoms with Gasteiger partial charge in [0.05, 0.1) is 0 Å². The number of carbonyl (C=O) groups is 2. The zero-order chi connectivity index (χ0) is 25.6. The van der Waals surface area contributed by atoms with Crippen molar-refractivity contribution in [2.24, 2.45) is 0 Å². The molecule has 5 rings (SSSR count). The minimum Gasteiger partial charge on any atom is -0.351 e. The monoisotopic (exact) mass is 499 g/mol. The van der Waals surface area contributed by atoms with E-state index in [2.05, 4.69) is 25.7 Å². The van der Waals surface area contributed by atoms with Crippen LogP contribution < -0.4 is 10.2 Å². The molecule has 2 aromatic carbocycles. The summed E-state index contributed by atoms with van der Waals surface area (Å²) in [5, 5.41) is 15.5. The highest BCUT2D eigenvalue weighted by Gasteiger charge is 2.34. The van der Waals surface area contributed by atoms with Crippen LogP contribution >= 0.6 is 0 Å². The standard InChI is InChI=1S/C27H26FN7O2/c28-21-12-10-20(11-13-21)26-31-33-34(32-26)18-24(36)35(23-8-2-1-3-9-23)25(19-14-16-29-17-15-19)27(37)30-22-6-4-5-7-22/h1-3,8-17,22,25H,4-7,18H2,(H,30,37). The Bertz CT molecular complexity index is 1340. The molecule has 2 aromatic heterocycles. The number of benzene rings is 2. The normalized spacial score (nSPS) is 14.3. The zero-order valence-electron chi connectivity index (χ0n) is 20.1. The van der Waals surface area contributed by atoms with E-state index < -0.39 is 11.9 Å². The van der Waals surface area contributed by atoms with Gasteiger partial charge in [0.2, 0.25) is 11.7 Å². The highest BCUT2D eigenvalue weighted by molar-refractivity contribution is 6.01. The molecule has 0 radical (unpaired) electrons. The van der Waals surface area contributed by atoms with Crippen LogP contribution in [0.2, 0.25) is 0 Å². The Labute approximate surface area is 213 Å². The van der Waals surface area contributed by atoms with Crippen LogP contribution in [0.5, 0.6) is 0 Å². The molecule has 1 unspecified atom stereocenters. The molecule has 2 amide bonds. The first-order chi connectivity index (χ1) is 18.1. The number of anilines is 1. The van der Waals surface area contributed by atoms with Crippen molar-refractivity contribution in [1.29, 1.82) is 0 Å². The second-order valence-electron chi connectivity index (χ2n) is 8.92. The highest BCUT2D eigenvalue weighted by atomic mass is 19.1. The Morgan fingerprint density at radius 3 is 2.41 bits per heavy atom. The molecule has 188 valence electrons. The maximum Gasteiger partial charge on any atom is 0.251 e. The van der Waals surface area contributed by atoms with Gasteiger partial charge >= 0.3 is 0 Å². The van der Waals surface area contributed by atoms with Crippen molar-refractivity contribution in [3.8, 4) is 11.4 Å². The van der Waals surface area contributed by atoms with E-state index in [-0.39, 0.29) is 30.1 Å². The van der Waals surface area contributed by atoms with Gasteiger partial charge in [0.25, 0.3) is 5.91 Å². The Kier molecular flexibility index (Phi) is 7.25. The van der Waals surface area contributed by atoms with Crippen molar-refractivity contribution in [3.63, 3.8) is 0 Å². The molecular formula is C27H26FN7O2. The number of aromatic nitrogens is 5. The molecular weight excluding hydrogens is 473 g/mol. The lowest BCUT2D eigenvalue weighted by Gasteiger charge is -2.32. The van der Waals surface area contributed by atoms with Gasteiger partial charge < -0.3 is 5.32 Å². The lowest BCUT2D eigenvalue weighted by molar-refractivity contribution is -0.127. The number of amides is 2. The van der Waals surface area contributed by atoms with E-state index in [0.29, 0.717) is 16.8 Å². The number of hydrogen-bond acceptors (Lipinski definition) is 6. The van der Waals surface area contributed by atoms with Gasteiger partial charge in [-0.2, -0.15) is 4.80 Å². The predicted octanol–water partition coefficient (Wildman–Crippen LogP) is 3.71. The Hall–Kier alpha value is -4.47. The van der Waals surface area contributed by atoms with Gasteiger partial charge in [-0.3, -0.25) is 19.5 Å². The molecule has 37 heavy (non-hydrogen) atoms. The lowest BCUT2D eigenvalue weighted by Crippen LogP contribution is -2.47. The summed E-state index contributed by atoms with van der Waals surface area (Å²) in [6.07, 6.45) is 7.19. The predicted molar refractivity (Wildman–Crippen MR) is 135 cm³/mol. The van der Waals surface area contributed by atoms with Crippen molar-refractivity contribution < 1.29 is 14.0 Å². The molecule has 4 aromatic rings. The molecule has 1 fully saturated rings. The summed E-state index contributed by atoms with van der Waals surface area (Å²) in [5.74, 6) is -0.752. The second-order valence-corrected chi connectivity index (χ2v) is 8.92. The van der Waals surface area contributed by atoms with Crippen molar-refractivity contribution in [3.05, 3.63) is 90.5 Å². The highest BCUT2D eigenvalue weighted by Crippen LogP contribution is 2.29. The smallest absolute Gasteiger partial charge is 0.251 e. The van der Waals surface area contributed by atoms with Gasteiger partial charge in [-0.25, -0.2) is 4.39 Å². The SMILES string of the molecule is O=C(NC1CCCC1)C(c1ccncc1)N(C(=O)Cn1nnc(-c2ccc(F)cc2)n1)c1ccccc1. The molecule has 0 bridgehead atoms. The number of rotatable bonds is 8. The first-order valence-corrected chi connectivity index (χ1v) is 12.2. The minimum atomic E-state index is -0.918. The Morgan fingerprint density at radius 1 is 1.00 bits per heavy atom. The van der Waals surface area contributed by atoms with Gasteiger partial charge in [0, 0.05) is 29.7 Å². The summed E-state index contributed by atoms with van der Waals surface area (Å²) in [7, 11) is 0. The van der Waals surface area contributed by atoms with Gasteiger partial charge in [-0.15, -0.1) is 10.2 Å². The van der Waals surface area contributed by atoms with Crippen LogP contribution in [0.3, 0.4) is 0 Å². The van der Waals surface area contributed by atoms with Crippen molar-refractivity contribution >= 4 is 17.5 Å². The van der Waals surface area contributed by atoms with Gasteiger partial charge in [0.1, 0.15) is 18.4 Å². The topological polar surface area (TPSA) is 106 Å². The molecule has 10 heteroatoms. The number of pyridine rings is 1. The molecule has 1 atom stereocenters. The van der Waals surface area contributed by atoms with E-state index >= 15 is 0 Å². The molecule has 0 aliphatic heterocycles. The maximum atomic E-state index is 13.8. The van der Waals surface area contributed by atoms with Crippen molar-refractivity contribution in [2.75, 3.05) is 4.90 Å². The number of carbonyl (C=O) groups excluding carboxylic acids is 2. The number of nitrogens with one attached hydrogen (secondary N) is 1. The van der Waals surface area contributed by atoms with Crippen molar-refractivity contribution in [1.82, 2.24) is 30.5 Å². The average molecular weight is 500 g/mol. The average Bonchev–Trinajstić information content (AvgIpc) is 3.61.